The summed E-state index contributed by atoms with van der Waals surface area (Å²) < 4.78 is 0. The predicted octanol–water partition coefficient (Wildman–Crippen LogP) is 3.54. The number of nitrogens with zero attached hydrogens (tertiary/aromatic N) is 1. The second-order valence-electron chi connectivity index (χ2n) is 7.72. The Hall–Kier alpha value is -1.42. The summed E-state index contributed by atoms with van der Waals surface area (Å²) in [6.45, 7) is 10.2. The summed E-state index contributed by atoms with van der Waals surface area (Å²) in [4.78, 5) is 0. The van der Waals surface area contributed by atoms with Gasteiger partial charge in [0.05, 0.1) is 0 Å². The van der Waals surface area contributed by atoms with E-state index in [1.807, 2.05) is 17.2 Å². The molecule has 1 atom stereocenters. The molecule has 0 amide bonds. The summed E-state index contributed by atoms with van der Waals surface area (Å²) in [6, 6.07) is 8.38. The van der Waals surface area contributed by atoms with Crippen LogP contribution in [0.1, 0.15) is 44.2 Å². The highest BCUT2D eigenvalue weighted by molar-refractivity contribution is 5.51. The highest BCUT2D eigenvalue weighted by Gasteiger charge is 2.46. The van der Waals surface area contributed by atoms with Crippen LogP contribution in [0.3, 0.4) is 0 Å². The maximum atomic E-state index is 12.1. The van der Waals surface area contributed by atoms with Gasteiger partial charge in [0, 0.05) is 13.1 Å². The molecule has 2 aliphatic rings. The molecular weight excluding hydrogens is 296 g/mol. The van der Waals surface area contributed by atoms with E-state index in [0.29, 0.717) is 5.92 Å². The van der Waals surface area contributed by atoms with Crippen molar-refractivity contribution in [2.45, 2.75) is 45.1 Å². The van der Waals surface area contributed by atoms with E-state index in [1.54, 1.807) is 0 Å². The lowest BCUT2D eigenvalue weighted by atomic mass is 9.64. The van der Waals surface area contributed by atoms with Gasteiger partial charge in [-0.3, -0.25) is 5.84 Å². The Morgan fingerprint density at radius 2 is 2.00 bits per heavy atom. The Labute approximate surface area is 145 Å². The average molecular weight is 326 g/mol. The molecule has 24 heavy (non-hydrogen) atoms. The molecule has 0 radical (unpaired) electrons. The van der Waals surface area contributed by atoms with Crippen LogP contribution in [0.5, 0.6) is 0 Å². The Bertz CT molecular complexity index is 641. The number of hydrazine groups is 1. The molecule has 1 heterocycles. The molecule has 0 bridgehead atoms. The zero-order valence-corrected chi connectivity index (χ0v) is 15.0. The molecule has 1 unspecified atom stereocenters. The van der Waals surface area contributed by atoms with E-state index in [-0.39, 0.29) is 5.92 Å². The summed E-state index contributed by atoms with van der Waals surface area (Å²) in [6.07, 6.45) is 5.59. The summed E-state index contributed by atoms with van der Waals surface area (Å²) >= 11 is 0. The topological polar surface area (TPSA) is 49.5 Å². The lowest BCUT2D eigenvalue weighted by Crippen LogP contribution is -2.48. The van der Waals surface area contributed by atoms with Crippen molar-refractivity contribution in [2.24, 2.45) is 17.7 Å². The molecule has 1 aliphatic carbocycles. The number of piperidine rings is 1. The number of aliphatic hydroxyl groups is 1. The average Bonchev–Trinajstić information content (AvgIpc) is 2.57. The molecule has 3 heteroatoms. The minimum absolute atomic E-state index is 0.211. The smallest absolute Gasteiger partial charge is 0.114 e. The Balaban J connectivity index is 2.12. The van der Waals surface area contributed by atoms with Gasteiger partial charge in [-0.2, -0.15) is 0 Å². The fourth-order valence-corrected chi connectivity index (χ4v) is 4.44. The number of hydrogen-bond acceptors (Lipinski definition) is 3. The van der Waals surface area contributed by atoms with E-state index in [4.69, 9.17) is 5.84 Å². The van der Waals surface area contributed by atoms with Gasteiger partial charge in [0.2, 0.25) is 0 Å². The number of rotatable bonds is 4. The lowest BCUT2D eigenvalue weighted by molar-refractivity contribution is -0.0242. The fourth-order valence-electron chi connectivity index (χ4n) is 4.44. The summed E-state index contributed by atoms with van der Waals surface area (Å²) in [5.41, 5.74) is 3.84. The molecule has 0 aromatic heterocycles. The SMILES string of the molecule is C=CC1=C(CC(C)C)C(O)(C2CCN(N)CC2)c2ccccc2C1. The Morgan fingerprint density at radius 3 is 2.62 bits per heavy atom. The van der Waals surface area contributed by atoms with Crippen molar-refractivity contribution in [1.82, 2.24) is 5.01 Å². The van der Waals surface area contributed by atoms with Gasteiger partial charge in [0.15, 0.2) is 0 Å². The largest absolute Gasteiger partial charge is 0.380 e. The monoisotopic (exact) mass is 326 g/mol. The van der Waals surface area contributed by atoms with Gasteiger partial charge in [0.1, 0.15) is 5.60 Å². The molecule has 3 rings (SSSR count). The molecule has 1 aliphatic heterocycles. The minimum atomic E-state index is -0.885. The molecule has 0 saturated carbocycles. The third kappa shape index (κ3) is 2.97. The normalized spacial score (nSPS) is 25.9. The summed E-state index contributed by atoms with van der Waals surface area (Å²) in [5.74, 6) is 6.67. The Morgan fingerprint density at radius 1 is 1.33 bits per heavy atom. The molecule has 1 fully saturated rings. The maximum absolute atomic E-state index is 12.1. The van der Waals surface area contributed by atoms with Crippen LogP contribution in [0.15, 0.2) is 48.1 Å². The fraction of sp³-hybridized carbons (Fsp3) is 0.524. The third-order valence-corrected chi connectivity index (χ3v) is 5.64. The lowest BCUT2D eigenvalue weighted by Gasteiger charge is -2.46. The molecule has 3 N–H and O–H groups in total. The number of benzene rings is 1. The molecule has 1 aromatic rings. The van der Waals surface area contributed by atoms with Crippen molar-refractivity contribution in [2.75, 3.05) is 13.1 Å². The Kier molecular flexibility index (Phi) is 4.95. The van der Waals surface area contributed by atoms with Gasteiger partial charge >= 0.3 is 0 Å². The van der Waals surface area contributed by atoms with Crippen LogP contribution >= 0.6 is 0 Å². The van der Waals surface area contributed by atoms with Crippen LogP contribution in [0, 0.1) is 11.8 Å². The van der Waals surface area contributed by atoms with Gasteiger partial charge in [-0.15, -0.1) is 0 Å². The second kappa shape index (κ2) is 6.83. The molecule has 1 aromatic carbocycles. The molecular formula is C21H30N2O. The number of fused-ring (bicyclic) bond motifs is 1. The first-order valence-corrected chi connectivity index (χ1v) is 9.12. The zero-order chi connectivity index (χ0) is 17.3. The van der Waals surface area contributed by atoms with Crippen LogP contribution in [0.25, 0.3) is 0 Å². The number of hydrogen-bond donors (Lipinski definition) is 2. The van der Waals surface area contributed by atoms with E-state index >= 15 is 0 Å². The molecule has 3 nitrogen and oxygen atoms in total. The highest BCUT2D eigenvalue weighted by Crippen LogP contribution is 2.49. The number of nitrogens with two attached hydrogens (primary N) is 1. The quantitative estimate of drug-likeness (QED) is 0.832. The van der Waals surface area contributed by atoms with Crippen molar-refractivity contribution in [1.29, 1.82) is 0 Å². The van der Waals surface area contributed by atoms with E-state index in [2.05, 4.69) is 38.6 Å². The van der Waals surface area contributed by atoms with E-state index in [1.165, 1.54) is 16.7 Å². The molecule has 1 saturated heterocycles. The first-order valence-electron chi connectivity index (χ1n) is 9.12. The second-order valence-corrected chi connectivity index (χ2v) is 7.72. The van der Waals surface area contributed by atoms with Crippen LogP contribution in [-0.4, -0.2) is 23.2 Å². The maximum Gasteiger partial charge on any atom is 0.114 e. The van der Waals surface area contributed by atoms with Gasteiger partial charge in [0.25, 0.3) is 0 Å². The minimum Gasteiger partial charge on any atom is -0.380 e. The van der Waals surface area contributed by atoms with Gasteiger partial charge in [-0.25, -0.2) is 5.01 Å². The zero-order valence-electron chi connectivity index (χ0n) is 15.0. The van der Waals surface area contributed by atoms with Crippen molar-refractivity contribution in [3.05, 3.63) is 59.2 Å². The van der Waals surface area contributed by atoms with Crippen LogP contribution in [0.4, 0.5) is 0 Å². The van der Waals surface area contributed by atoms with Crippen LogP contribution in [0.2, 0.25) is 0 Å². The van der Waals surface area contributed by atoms with E-state index in [0.717, 1.165) is 44.3 Å². The van der Waals surface area contributed by atoms with Gasteiger partial charge < -0.3 is 5.11 Å². The molecule has 130 valence electrons. The van der Waals surface area contributed by atoms with E-state index < -0.39 is 5.60 Å². The van der Waals surface area contributed by atoms with Crippen molar-refractivity contribution < 1.29 is 5.11 Å². The molecule has 0 spiro atoms. The van der Waals surface area contributed by atoms with E-state index in [9.17, 15) is 5.11 Å². The third-order valence-electron chi connectivity index (χ3n) is 5.64. The predicted molar refractivity (Wildman–Crippen MR) is 99.2 cm³/mol. The van der Waals surface area contributed by atoms with Gasteiger partial charge in [-0.05, 0) is 59.8 Å². The van der Waals surface area contributed by atoms with Crippen molar-refractivity contribution in [3.63, 3.8) is 0 Å². The summed E-state index contributed by atoms with van der Waals surface area (Å²) in [5, 5.41) is 13.9. The van der Waals surface area contributed by atoms with Crippen molar-refractivity contribution in [3.8, 4) is 0 Å². The first kappa shape index (κ1) is 17.4. The van der Waals surface area contributed by atoms with Gasteiger partial charge in [-0.1, -0.05) is 50.8 Å². The van der Waals surface area contributed by atoms with Crippen molar-refractivity contribution >= 4 is 0 Å². The highest BCUT2D eigenvalue weighted by atomic mass is 16.3. The van der Waals surface area contributed by atoms with Crippen LogP contribution in [-0.2, 0) is 12.0 Å². The summed E-state index contributed by atoms with van der Waals surface area (Å²) in [7, 11) is 0. The van der Waals surface area contributed by atoms with Crippen LogP contribution < -0.4 is 5.84 Å². The standard InChI is InChI=1S/C21H30N2O/c1-4-16-14-17-7-5-6-8-19(17)21(24,20(16)13-15(2)3)18-9-11-23(22)12-10-18/h4-8,15,18,24H,1,9-14,22H2,2-3H3. The number of allylic oxidation sites excluding steroid dienone is 2. The first-order chi connectivity index (χ1) is 11.5.